The topological polar surface area (TPSA) is 50.8 Å². The molecule has 2 heterocycles. The monoisotopic (exact) mass is 406 g/mol. The van der Waals surface area contributed by atoms with Crippen LogP contribution in [0.25, 0.3) is 6.08 Å². The van der Waals surface area contributed by atoms with Crippen molar-refractivity contribution in [3.8, 4) is 11.5 Å². The largest absolute Gasteiger partial charge is 0.493 e. The summed E-state index contributed by atoms with van der Waals surface area (Å²) in [5.41, 5.74) is 2.46. The van der Waals surface area contributed by atoms with E-state index >= 15 is 0 Å². The standard InChI is InChI=1S/C25H30N2O3/c1-17(2)16-30-21-11-10-18(14-22(21)29-5)12-13-25-24(3,4)19-8-6-7-9-20(19)27(25)15-23(28)26-25/h6-14,17H,15-16H2,1-5H3,(H,26,28)/b13-12+/t25-/m0/s1. The number of hydrogen-bond donors (Lipinski definition) is 1. The lowest BCUT2D eigenvalue weighted by Crippen LogP contribution is -2.58. The number of para-hydroxylation sites is 1. The number of anilines is 1. The lowest BCUT2D eigenvalue weighted by Gasteiger charge is -2.40. The molecule has 0 radical (unpaired) electrons. The van der Waals surface area contributed by atoms with Crippen LogP contribution in [0.3, 0.4) is 0 Å². The second-order valence-corrected chi connectivity index (χ2v) is 8.99. The molecule has 2 aliphatic heterocycles. The Kier molecular flexibility index (Phi) is 5.00. The molecule has 2 aromatic carbocycles. The van der Waals surface area contributed by atoms with Crippen LogP contribution >= 0.6 is 0 Å². The second-order valence-electron chi connectivity index (χ2n) is 8.99. The predicted octanol–water partition coefficient (Wildman–Crippen LogP) is 4.37. The van der Waals surface area contributed by atoms with Gasteiger partial charge in [0.15, 0.2) is 11.5 Å². The number of nitrogens with one attached hydrogen (secondary N) is 1. The molecule has 1 amide bonds. The van der Waals surface area contributed by atoms with Crippen LogP contribution in [0.2, 0.25) is 0 Å². The first-order valence-corrected chi connectivity index (χ1v) is 10.5. The number of methoxy groups -OCH3 is 1. The number of nitrogens with zero attached hydrogens (tertiary/aromatic N) is 1. The average Bonchev–Trinajstić information content (AvgIpc) is 3.15. The second kappa shape index (κ2) is 7.38. The Hall–Kier alpha value is -2.95. The van der Waals surface area contributed by atoms with E-state index in [0.29, 0.717) is 24.8 Å². The van der Waals surface area contributed by atoms with Gasteiger partial charge in [0.25, 0.3) is 0 Å². The molecule has 0 aromatic heterocycles. The van der Waals surface area contributed by atoms with E-state index in [-0.39, 0.29) is 11.3 Å². The molecule has 0 unspecified atom stereocenters. The summed E-state index contributed by atoms with van der Waals surface area (Å²) < 4.78 is 11.4. The summed E-state index contributed by atoms with van der Waals surface area (Å²) in [6.45, 7) is 9.60. The van der Waals surface area contributed by atoms with E-state index in [4.69, 9.17) is 9.47 Å². The van der Waals surface area contributed by atoms with E-state index in [1.54, 1.807) is 7.11 Å². The van der Waals surface area contributed by atoms with Gasteiger partial charge in [0, 0.05) is 11.1 Å². The van der Waals surface area contributed by atoms with Gasteiger partial charge in [0.1, 0.15) is 5.66 Å². The Labute approximate surface area is 178 Å². The van der Waals surface area contributed by atoms with Crippen molar-refractivity contribution in [3.63, 3.8) is 0 Å². The number of carbonyl (C=O) groups excluding carboxylic acids is 1. The maximum absolute atomic E-state index is 12.4. The summed E-state index contributed by atoms with van der Waals surface area (Å²) >= 11 is 0. The Morgan fingerprint density at radius 1 is 1.17 bits per heavy atom. The molecule has 0 spiro atoms. The van der Waals surface area contributed by atoms with Gasteiger partial charge < -0.3 is 19.7 Å². The van der Waals surface area contributed by atoms with Crippen molar-refractivity contribution in [2.24, 2.45) is 5.92 Å². The molecule has 1 fully saturated rings. The summed E-state index contributed by atoms with van der Waals surface area (Å²) in [5.74, 6) is 1.93. The smallest absolute Gasteiger partial charge is 0.241 e. The molecular weight excluding hydrogens is 376 g/mol. The van der Waals surface area contributed by atoms with E-state index in [2.05, 4.69) is 68.3 Å². The zero-order chi connectivity index (χ0) is 21.5. The van der Waals surface area contributed by atoms with Gasteiger partial charge in [-0.25, -0.2) is 0 Å². The highest BCUT2D eigenvalue weighted by Gasteiger charge is 2.59. The quantitative estimate of drug-likeness (QED) is 0.774. The minimum Gasteiger partial charge on any atom is -0.493 e. The minimum absolute atomic E-state index is 0.0391. The van der Waals surface area contributed by atoms with E-state index in [1.807, 2.05) is 24.3 Å². The number of fused-ring (bicyclic) bond motifs is 3. The molecule has 1 saturated heterocycles. The third-order valence-corrected chi connectivity index (χ3v) is 6.16. The molecule has 0 aliphatic carbocycles. The summed E-state index contributed by atoms with van der Waals surface area (Å²) in [6.07, 6.45) is 4.17. The summed E-state index contributed by atoms with van der Waals surface area (Å²) in [4.78, 5) is 14.6. The van der Waals surface area contributed by atoms with Crippen LogP contribution in [0.5, 0.6) is 11.5 Å². The Balaban J connectivity index is 1.68. The lowest BCUT2D eigenvalue weighted by atomic mass is 9.75. The van der Waals surface area contributed by atoms with E-state index < -0.39 is 5.66 Å². The number of rotatable bonds is 6. The van der Waals surface area contributed by atoms with Gasteiger partial charge in [-0.15, -0.1) is 0 Å². The van der Waals surface area contributed by atoms with Gasteiger partial charge in [-0.1, -0.05) is 58.0 Å². The van der Waals surface area contributed by atoms with Crippen molar-refractivity contribution in [1.29, 1.82) is 0 Å². The molecule has 0 saturated carbocycles. The van der Waals surface area contributed by atoms with Crippen molar-refractivity contribution >= 4 is 17.7 Å². The number of ether oxygens (including phenoxy) is 2. The lowest BCUT2D eigenvalue weighted by molar-refractivity contribution is -0.118. The normalized spacial score (nSPS) is 21.7. The predicted molar refractivity (Wildman–Crippen MR) is 120 cm³/mol. The molecule has 2 aliphatic rings. The average molecular weight is 407 g/mol. The van der Waals surface area contributed by atoms with E-state index in [1.165, 1.54) is 5.56 Å². The molecular formula is C25H30N2O3. The summed E-state index contributed by atoms with van der Waals surface area (Å²) in [5, 5.41) is 3.25. The number of hydrogen-bond acceptors (Lipinski definition) is 4. The van der Waals surface area contributed by atoms with Crippen LogP contribution in [-0.2, 0) is 10.2 Å². The SMILES string of the molecule is COc1cc(/C=C/[C@]23NC(=O)CN2c2ccccc2C3(C)C)ccc1OCC(C)C. The molecule has 2 aromatic rings. The minimum atomic E-state index is -0.603. The van der Waals surface area contributed by atoms with Crippen molar-refractivity contribution < 1.29 is 14.3 Å². The highest BCUT2D eigenvalue weighted by molar-refractivity contribution is 5.91. The molecule has 5 nitrogen and oxygen atoms in total. The Bertz CT molecular complexity index is 996. The maximum atomic E-state index is 12.4. The number of amides is 1. The zero-order valence-corrected chi connectivity index (χ0v) is 18.4. The van der Waals surface area contributed by atoms with Crippen LogP contribution in [0.4, 0.5) is 5.69 Å². The van der Waals surface area contributed by atoms with E-state index in [0.717, 1.165) is 17.0 Å². The zero-order valence-electron chi connectivity index (χ0n) is 18.4. The Morgan fingerprint density at radius 3 is 2.67 bits per heavy atom. The van der Waals surface area contributed by atoms with Crippen LogP contribution < -0.4 is 19.7 Å². The Morgan fingerprint density at radius 2 is 1.93 bits per heavy atom. The molecule has 5 heteroatoms. The molecule has 1 atom stereocenters. The summed E-state index contributed by atoms with van der Waals surface area (Å²) in [7, 11) is 1.65. The van der Waals surface area contributed by atoms with Crippen LogP contribution in [0.15, 0.2) is 48.5 Å². The van der Waals surface area contributed by atoms with Crippen molar-refractivity contribution in [3.05, 3.63) is 59.7 Å². The van der Waals surface area contributed by atoms with Crippen LogP contribution in [0, 0.1) is 5.92 Å². The van der Waals surface area contributed by atoms with Gasteiger partial charge in [-0.3, -0.25) is 4.79 Å². The highest BCUT2D eigenvalue weighted by atomic mass is 16.5. The first kappa shape index (κ1) is 20.3. The summed E-state index contributed by atoms with van der Waals surface area (Å²) in [6, 6.07) is 14.3. The fraction of sp³-hybridized carbons (Fsp3) is 0.400. The highest BCUT2D eigenvalue weighted by Crippen LogP contribution is 2.52. The van der Waals surface area contributed by atoms with Gasteiger partial charge in [-0.2, -0.15) is 0 Å². The van der Waals surface area contributed by atoms with Gasteiger partial charge in [0.05, 0.1) is 20.3 Å². The fourth-order valence-electron chi connectivity index (χ4n) is 4.52. The molecule has 1 N–H and O–H groups in total. The number of benzene rings is 2. The first-order valence-electron chi connectivity index (χ1n) is 10.5. The van der Waals surface area contributed by atoms with Gasteiger partial charge >= 0.3 is 0 Å². The van der Waals surface area contributed by atoms with Crippen molar-refractivity contribution in [2.45, 2.75) is 38.8 Å². The van der Waals surface area contributed by atoms with Gasteiger partial charge in [0.2, 0.25) is 5.91 Å². The van der Waals surface area contributed by atoms with Crippen molar-refractivity contribution in [2.75, 3.05) is 25.2 Å². The van der Waals surface area contributed by atoms with E-state index in [9.17, 15) is 4.79 Å². The third-order valence-electron chi connectivity index (χ3n) is 6.16. The molecule has 4 rings (SSSR count). The maximum Gasteiger partial charge on any atom is 0.241 e. The molecule has 158 valence electrons. The molecule has 30 heavy (non-hydrogen) atoms. The van der Waals surface area contributed by atoms with Crippen LogP contribution in [0.1, 0.15) is 38.8 Å². The fourth-order valence-corrected chi connectivity index (χ4v) is 4.52. The van der Waals surface area contributed by atoms with Crippen LogP contribution in [-0.4, -0.2) is 31.8 Å². The number of carbonyl (C=O) groups is 1. The first-order chi connectivity index (χ1) is 14.3. The van der Waals surface area contributed by atoms with Crippen molar-refractivity contribution in [1.82, 2.24) is 5.32 Å². The third kappa shape index (κ3) is 3.13. The van der Waals surface area contributed by atoms with Gasteiger partial charge in [-0.05, 0) is 41.3 Å². The molecule has 0 bridgehead atoms.